The molecule has 118 valence electrons. The molecule has 3 aliphatic rings. The van der Waals surface area contributed by atoms with E-state index in [1.165, 1.54) is 4.90 Å². The summed E-state index contributed by atoms with van der Waals surface area (Å²) in [4.78, 5) is 27.7. The quantitative estimate of drug-likeness (QED) is 0.698. The van der Waals surface area contributed by atoms with E-state index in [-0.39, 0.29) is 18.4 Å². The van der Waals surface area contributed by atoms with Gasteiger partial charge in [0.1, 0.15) is 6.04 Å². The molecule has 0 aromatic heterocycles. The number of carbonyl (C=O) groups excluding carboxylic acids is 2. The van der Waals surface area contributed by atoms with Crippen LogP contribution in [-0.4, -0.2) is 71.5 Å². The maximum Gasteiger partial charge on any atom is 0.418 e. The number of urea groups is 1. The van der Waals surface area contributed by atoms with Gasteiger partial charge in [-0.15, -0.1) is 4.28 Å². The lowest BCUT2D eigenvalue weighted by molar-refractivity contribution is -0.131. The molecule has 3 aliphatic heterocycles. The number of amides is 3. The van der Waals surface area contributed by atoms with E-state index < -0.39 is 28.5 Å². The zero-order valence-electron chi connectivity index (χ0n) is 11.5. The monoisotopic (exact) mass is 319 g/mol. The van der Waals surface area contributed by atoms with Gasteiger partial charge in [0.25, 0.3) is 0 Å². The lowest BCUT2D eigenvalue weighted by Crippen LogP contribution is -2.48. The van der Waals surface area contributed by atoms with E-state index in [1.807, 2.05) is 6.92 Å². The van der Waals surface area contributed by atoms with Crippen molar-refractivity contribution in [3.05, 3.63) is 0 Å². The average Bonchev–Trinajstić information content (AvgIpc) is 2.81. The van der Waals surface area contributed by atoms with Gasteiger partial charge in [-0.1, -0.05) is 6.92 Å². The van der Waals surface area contributed by atoms with E-state index >= 15 is 0 Å². The SMILES string of the molecule is CCCN1CC2CC3CN(C(=O)N3OS(=O)(=O)O)C2C1=O. The Labute approximate surface area is 122 Å². The molecular weight excluding hydrogens is 302 g/mol. The van der Waals surface area contributed by atoms with Gasteiger partial charge >= 0.3 is 16.4 Å². The van der Waals surface area contributed by atoms with Crippen molar-refractivity contribution in [2.45, 2.75) is 31.8 Å². The third-order valence-corrected chi connectivity index (χ3v) is 4.57. The molecule has 21 heavy (non-hydrogen) atoms. The van der Waals surface area contributed by atoms with Gasteiger partial charge in [-0.3, -0.25) is 9.35 Å². The molecule has 0 radical (unpaired) electrons. The van der Waals surface area contributed by atoms with Gasteiger partial charge in [-0.05, 0) is 12.8 Å². The molecule has 3 unspecified atom stereocenters. The van der Waals surface area contributed by atoms with Crippen molar-refractivity contribution >= 4 is 22.3 Å². The summed E-state index contributed by atoms with van der Waals surface area (Å²) in [6, 6.07) is -1.69. The summed E-state index contributed by atoms with van der Waals surface area (Å²) in [7, 11) is -4.75. The van der Waals surface area contributed by atoms with Crippen molar-refractivity contribution in [3.8, 4) is 0 Å². The molecule has 0 aromatic rings. The van der Waals surface area contributed by atoms with Gasteiger partial charge in [0.15, 0.2) is 0 Å². The van der Waals surface area contributed by atoms with Crippen LogP contribution in [0.1, 0.15) is 19.8 Å². The molecule has 3 heterocycles. The minimum atomic E-state index is -4.75. The first-order valence-electron chi connectivity index (χ1n) is 6.87. The molecule has 3 atom stereocenters. The van der Waals surface area contributed by atoms with Crippen LogP contribution in [0.25, 0.3) is 0 Å². The smallest absolute Gasteiger partial charge is 0.341 e. The van der Waals surface area contributed by atoms with Gasteiger partial charge in [-0.2, -0.15) is 13.5 Å². The molecule has 0 saturated carbocycles. The number of carbonyl (C=O) groups is 2. The van der Waals surface area contributed by atoms with Gasteiger partial charge < -0.3 is 9.80 Å². The molecule has 3 amide bonds. The first-order valence-corrected chi connectivity index (χ1v) is 8.24. The van der Waals surface area contributed by atoms with Crippen LogP contribution in [0, 0.1) is 5.92 Å². The van der Waals surface area contributed by atoms with Crippen LogP contribution in [0.15, 0.2) is 0 Å². The van der Waals surface area contributed by atoms with Crippen LogP contribution >= 0.6 is 0 Å². The van der Waals surface area contributed by atoms with Gasteiger partial charge in [0.05, 0.1) is 6.04 Å². The Morgan fingerprint density at radius 1 is 1.33 bits per heavy atom. The van der Waals surface area contributed by atoms with Crippen molar-refractivity contribution in [2.24, 2.45) is 5.92 Å². The zero-order valence-corrected chi connectivity index (χ0v) is 12.3. The van der Waals surface area contributed by atoms with Crippen LogP contribution in [0.5, 0.6) is 0 Å². The summed E-state index contributed by atoms with van der Waals surface area (Å²) >= 11 is 0. The fraction of sp³-hybridized carbons (Fsp3) is 0.818. The second-order valence-corrected chi connectivity index (χ2v) is 6.65. The summed E-state index contributed by atoms with van der Waals surface area (Å²) in [6.45, 7) is 3.44. The largest absolute Gasteiger partial charge is 0.418 e. The lowest BCUT2D eigenvalue weighted by Gasteiger charge is -2.30. The zero-order chi connectivity index (χ0) is 15.4. The Bertz CT molecular complexity index is 579. The first kappa shape index (κ1) is 14.5. The minimum absolute atomic E-state index is 0.0262. The Hall–Kier alpha value is -1.39. The van der Waals surface area contributed by atoms with Crippen LogP contribution in [0.3, 0.4) is 0 Å². The second kappa shape index (κ2) is 4.82. The van der Waals surface area contributed by atoms with E-state index in [1.54, 1.807) is 4.90 Å². The molecule has 0 aromatic carbocycles. The Morgan fingerprint density at radius 2 is 2.05 bits per heavy atom. The van der Waals surface area contributed by atoms with Crippen molar-refractivity contribution in [3.63, 3.8) is 0 Å². The highest BCUT2D eigenvalue weighted by atomic mass is 32.3. The van der Waals surface area contributed by atoms with Crippen LogP contribution in [-0.2, 0) is 19.5 Å². The van der Waals surface area contributed by atoms with Crippen LogP contribution < -0.4 is 0 Å². The maximum atomic E-state index is 12.4. The van der Waals surface area contributed by atoms with Crippen molar-refractivity contribution in [1.29, 1.82) is 0 Å². The molecule has 10 heteroatoms. The van der Waals surface area contributed by atoms with Gasteiger partial charge in [0.2, 0.25) is 5.91 Å². The Morgan fingerprint density at radius 3 is 2.67 bits per heavy atom. The Kier molecular flexibility index (Phi) is 3.34. The number of hydrogen-bond acceptors (Lipinski definition) is 5. The molecular formula is C11H17N3O6S. The highest BCUT2D eigenvalue weighted by Gasteiger charge is 2.57. The second-order valence-electron chi connectivity index (χ2n) is 5.64. The molecule has 0 spiro atoms. The predicted molar refractivity (Wildman–Crippen MR) is 69.1 cm³/mol. The number of hydroxylamine groups is 2. The predicted octanol–water partition coefficient (Wildman–Crippen LogP) is -0.532. The summed E-state index contributed by atoms with van der Waals surface area (Å²) in [6.07, 6.45) is 1.33. The third-order valence-electron chi connectivity index (χ3n) is 4.22. The number of rotatable bonds is 4. The van der Waals surface area contributed by atoms with E-state index in [0.717, 1.165) is 6.42 Å². The van der Waals surface area contributed by atoms with Crippen LogP contribution in [0.4, 0.5) is 4.79 Å². The number of likely N-dealkylation sites (tertiary alicyclic amines) is 1. The first-order chi connectivity index (χ1) is 9.81. The minimum Gasteiger partial charge on any atom is -0.341 e. The summed E-state index contributed by atoms with van der Waals surface area (Å²) in [5, 5.41) is 0.672. The molecule has 2 bridgehead atoms. The van der Waals surface area contributed by atoms with Crippen molar-refractivity contribution in [1.82, 2.24) is 14.9 Å². The highest BCUT2D eigenvalue weighted by Crippen LogP contribution is 2.38. The molecule has 3 fully saturated rings. The van der Waals surface area contributed by atoms with Gasteiger partial charge in [0, 0.05) is 25.6 Å². The average molecular weight is 319 g/mol. The number of nitrogens with zero attached hydrogens (tertiary/aromatic N) is 3. The molecule has 3 rings (SSSR count). The van der Waals surface area contributed by atoms with E-state index in [0.29, 0.717) is 24.6 Å². The van der Waals surface area contributed by atoms with Crippen LogP contribution in [0.2, 0.25) is 0 Å². The fourth-order valence-electron chi connectivity index (χ4n) is 3.53. The summed E-state index contributed by atoms with van der Waals surface area (Å²) in [5.41, 5.74) is 0. The molecule has 9 nitrogen and oxygen atoms in total. The topological polar surface area (TPSA) is 107 Å². The van der Waals surface area contributed by atoms with E-state index in [4.69, 9.17) is 4.55 Å². The highest BCUT2D eigenvalue weighted by molar-refractivity contribution is 7.80. The van der Waals surface area contributed by atoms with E-state index in [2.05, 4.69) is 4.28 Å². The lowest BCUT2D eigenvalue weighted by atomic mass is 9.91. The van der Waals surface area contributed by atoms with Gasteiger partial charge in [-0.25, -0.2) is 4.79 Å². The number of fused-ring (bicyclic) bond motifs is 4. The third kappa shape index (κ3) is 2.36. The molecule has 3 saturated heterocycles. The Balaban J connectivity index is 1.81. The summed E-state index contributed by atoms with van der Waals surface area (Å²) < 4.78 is 34.7. The van der Waals surface area contributed by atoms with Crippen molar-refractivity contribution in [2.75, 3.05) is 19.6 Å². The van der Waals surface area contributed by atoms with Crippen molar-refractivity contribution < 1.29 is 26.8 Å². The maximum absolute atomic E-state index is 12.4. The standard InChI is InChI=1S/C11H17N3O6S/c1-2-3-12-5-7-4-8-6-13(9(7)10(12)15)11(16)14(8)20-21(17,18)19/h7-9H,2-6H2,1H3,(H,17,18,19). The summed E-state index contributed by atoms with van der Waals surface area (Å²) in [5.74, 6) is -0.121. The molecule has 1 N–H and O–H groups in total. The number of hydrogen-bond donors (Lipinski definition) is 1. The normalized spacial score (nSPS) is 32.1. The van der Waals surface area contributed by atoms with E-state index in [9.17, 15) is 18.0 Å². The molecule has 0 aliphatic carbocycles. The fourth-order valence-corrected chi connectivity index (χ4v) is 3.92. The number of piperidine rings is 1.